The van der Waals surface area contributed by atoms with Gasteiger partial charge in [-0.25, -0.2) is 0 Å². The lowest BCUT2D eigenvalue weighted by Gasteiger charge is -2.45. The Morgan fingerprint density at radius 3 is 1.34 bits per heavy atom. The van der Waals surface area contributed by atoms with Gasteiger partial charge in [0.2, 0.25) is 0 Å². The highest BCUT2D eigenvalue weighted by molar-refractivity contribution is 7.00. The molecule has 0 N–H and O–H groups in total. The molecule has 4 heteroatoms. The average Bonchev–Trinajstić information content (AvgIpc) is 2.93. The zero-order valence-corrected chi connectivity index (χ0v) is 26.2. The van der Waals surface area contributed by atoms with Crippen molar-refractivity contribution in [3.8, 4) is 0 Å². The fraction of sp³-hybridized carbons (Fsp3) is 0.189. The summed E-state index contributed by atoms with van der Waals surface area (Å²) in [5.41, 5.74) is 17.1. The van der Waals surface area contributed by atoms with Crippen molar-refractivity contribution in [2.45, 2.75) is 47.3 Å². The third-order valence-corrected chi connectivity index (χ3v) is 11.0. The van der Waals surface area contributed by atoms with Gasteiger partial charge in [0.25, 0.3) is 6.71 Å². The van der Waals surface area contributed by atoms with Crippen LogP contribution in [0.25, 0.3) is 0 Å². The number of hydrogen-bond donors (Lipinski definition) is 0. The largest absolute Gasteiger partial charge is 0.311 e. The van der Waals surface area contributed by atoms with Crippen LogP contribution >= 0.6 is 0 Å². The van der Waals surface area contributed by atoms with Gasteiger partial charge in [0, 0.05) is 34.1 Å². The molecule has 41 heavy (non-hydrogen) atoms. The summed E-state index contributed by atoms with van der Waals surface area (Å²) < 4.78 is 0. The maximum atomic E-state index is 2.56. The van der Waals surface area contributed by atoms with Crippen molar-refractivity contribution in [3.05, 3.63) is 119 Å². The molecule has 0 radical (unpaired) electrons. The number of fused-ring (bicyclic) bond motifs is 4. The number of benzene rings is 5. The van der Waals surface area contributed by atoms with Crippen LogP contribution in [0, 0.1) is 27.7 Å². The molecule has 7 rings (SSSR count). The Morgan fingerprint density at radius 2 is 0.927 bits per heavy atom. The van der Waals surface area contributed by atoms with Crippen molar-refractivity contribution in [3.63, 3.8) is 0 Å². The first-order chi connectivity index (χ1) is 19.6. The molecule has 5 aromatic rings. The van der Waals surface area contributed by atoms with Gasteiger partial charge < -0.3 is 9.80 Å². The summed E-state index contributed by atoms with van der Waals surface area (Å²) in [5.74, 6) is 0. The lowest BCUT2D eigenvalue weighted by atomic mass is 9.33. The molecule has 0 atom stereocenters. The van der Waals surface area contributed by atoms with Gasteiger partial charge >= 0.3 is 0 Å². The predicted molar refractivity (Wildman–Crippen MR) is 182 cm³/mol. The summed E-state index contributed by atoms with van der Waals surface area (Å²) in [7, 11) is -1.68. The zero-order chi connectivity index (χ0) is 28.6. The summed E-state index contributed by atoms with van der Waals surface area (Å²) in [4.78, 5) is 5.11. The van der Waals surface area contributed by atoms with Crippen LogP contribution in [-0.2, 0) is 0 Å². The predicted octanol–water partition coefficient (Wildman–Crippen LogP) is 7.55. The van der Waals surface area contributed by atoms with Crippen molar-refractivity contribution in [1.82, 2.24) is 0 Å². The second-order valence-corrected chi connectivity index (χ2v) is 18.1. The van der Waals surface area contributed by atoms with Crippen LogP contribution in [0.3, 0.4) is 0 Å². The standard InChI is InChI=1S/C37H37BN2Si/c1-24-16-18-33-29(20-24)38-30-21-25(2)17-19-34(30)40(32-15-11-9-13-27(32)4)36-23-28(41(5,6)7)22-35(37(36)38)39(33)31-14-10-8-12-26(31)3/h8-23H,1-7H3. The Hall–Kier alpha value is -4.02. The Kier molecular flexibility index (Phi) is 5.85. The second kappa shape index (κ2) is 9.25. The highest BCUT2D eigenvalue weighted by Crippen LogP contribution is 2.45. The first-order valence-corrected chi connectivity index (χ1v) is 18.2. The molecule has 0 bridgehead atoms. The van der Waals surface area contributed by atoms with Gasteiger partial charge in [0.05, 0.1) is 8.07 Å². The van der Waals surface area contributed by atoms with E-state index >= 15 is 0 Å². The second-order valence-electron chi connectivity index (χ2n) is 13.0. The molecule has 0 amide bonds. The van der Waals surface area contributed by atoms with Gasteiger partial charge in [0.15, 0.2) is 0 Å². The fourth-order valence-electron chi connectivity index (χ4n) is 6.83. The number of rotatable bonds is 3. The first-order valence-electron chi connectivity index (χ1n) is 14.7. The minimum Gasteiger partial charge on any atom is -0.311 e. The number of para-hydroxylation sites is 2. The van der Waals surface area contributed by atoms with Crippen LogP contribution in [-0.4, -0.2) is 14.8 Å². The van der Waals surface area contributed by atoms with E-state index in [4.69, 9.17) is 0 Å². The van der Waals surface area contributed by atoms with E-state index in [1.165, 1.54) is 78.0 Å². The van der Waals surface area contributed by atoms with Crippen LogP contribution in [0.2, 0.25) is 19.6 Å². The van der Waals surface area contributed by atoms with Crippen molar-refractivity contribution < 1.29 is 0 Å². The molecule has 2 aliphatic heterocycles. The molecule has 2 heterocycles. The van der Waals surface area contributed by atoms with E-state index in [9.17, 15) is 0 Å². The molecule has 2 aliphatic rings. The molecule has 0 aliphatic carbocycles. The van der Waals surface area contributed by atoms with Gasteiger partial charge in [-0.2, -0.15) is 0 Å². The van der Waals surface area contributed by atoms with E-state index in [0.29, 0.717) is 0 Å². The van der Waals surface area contributed by atoms with Gasteiger partial charge in [-0.05, 0) is 91.6 Å². The summed E-state index contributed by atoms with van der Waals surface area (Å²) >= 11 is 0. The van der Waals surface area contributed by atoms with Gasteiger partial charge in [-0.1, -0.05) is 96.6 Å². The minimum atomic E-state index is -1.68. The smallest absolute Gasteiger partial charge is 0.252 e. The van der Waals surface area contributed by atoms with Crippen molar-refractivity contribution >= 4 is 70.5 Å². The molecule has 5 aromatic carbocycles. The quantitative estimate of drug-likeness (QED) is 0.211. The number of anilines is 6. The summed E-state index contributed by atoms with van der Waals surface area (Å²) in [6.07, 6.45) is 0. The highest BCUT2D eigenvalue weighted by atomic mass is 28.3. The normalized spacial score (nSPS) is 13.6. The van der Waals surface area contributed by atoms with Gasteiger partial charge in [0.1, 0.15) is 0 Å². The number of nitrogens with zero attached hydrogens (tertiary/aromatic N) is 2. The maximum absolute atomic E-state index is 2.56. The van der Waals surface area contributed by atoms with Crippen molar-refractivity contribution in [1.29, 1.82) is 0 Å². The van der Waals surface area contributed by atoms with E-state index in [1.54, 1.807) is 0 Å². The molecule has 0 unspecified atom stereocenters. The lowest BCUT2D eigenvalue weighted by molar-refractivity contribution is 1.22. The monoisotopic (exact) mass is 548 g/mol. The molecule has 0 aromatic heterocycles. The van der Waals surface area contributed by atoms with E-state index in [-0.39, 0.29) is 6.71 Å². The van der Waals surface area contributed by atoms with E-state index in [1.807, 2.05) is 0 Å². The maximum Gasteiger partial charge on any atom is 0.252 e. The molecular weight excluding hydrogens is 511 g/mol. The minimum absolute atomic E-state index is 0.168. The van der Waals surface area contributed by atoms with Crippen molar-refractivity contribution in [2.75, 3.05) is 9.80 Å². The summed E-state index contributed by atoms with van der Waals surface area (Å²) in [6.45, 7) is 16.5. The molecule has 0 spiro atoms. The van der Waals surface area contributed by atoms with E-state index in [2.05, 4.69) is 154 Å². The summed E-state index contributed by atoms with van der Waals surface area (Å²) in [6, 6.07) is 36.9. The molecule has 2 nitrogen and oxygen atoms in total. The van der Waals surface area contributed by atoms with Gasteiger partial charge in [-0.3, -0.25) is 0 Å². The molecule has 202 valence electrons. The van der Waals surface area contributed by atoms with Crippen LogP contribution in [0.4, 0.5) is 34.1 Å². The molecule has 0 fully saturated rings. The van der Waals surface area contributed by atoms with Crippen LogP contribution in [0.15, 0.2) is 97.1 Å². The van der Waals surface area contributed by atoms with Crippen LogP contribution in [0.1, 0.15) is 22.3 Å². The number of hydrogen-bond acceptors (Lipinski definition) is 2. The third-order valence-electron chi connectivity index (χ3n) is 8.96. The SMILES string of the molecule is Cc1ccc2c(c1)B1c3cc(C)ccc3N(c3ccccc3C)c3cc([Si](C)(C)C)cc(c31)N2c1ccccc1C. The Bertz CT molecular complexity index is 1730. The zero-order valence-electron chi connectivity index (χ0n) is 25.2. The average molecular weight is 549 g/mol. The topological polar surface area (TPSA) is 6.48 Å². The highest BCUT2D eigenvalue weighted by Gasteiger charge is 2.44. The number of aryl methyl sites for hydroxylation is 4. The molecular formula is C37H37BN2Si. The fourth-order valence-corrected chi connectivity index (χ4v) is 7.96. The Balaban J connectivity index is 1.66. The molecule has 0 saturated carbocycles. The van der Waals surface area contributed by atoms with Crippen molar-refractivity contribution in [2.24, 2.45) is 0 Å². The Labute approximate surface area is 246 Å². The summed E-state index contributed by atoms with van der Waals surface area (Å²) in [5, 5.41) is 1.48. The van der Waals surface area contributed by atoms with Crippen LogP contribution in [0.5, 0.6) is 0 Å². The lowest BCUT2D eigenvalue weighted by Crippen LogP contribution is -2.62. The molecule has 0 saturated heterocycles. The first kappa shape index (κ1) is 25.9. The Morgan fingerprint density at radius 1 is 0.488 bits per heavy atom. The third kappa shape index (κ3) is 4.00. The van der Waals surface area contributed by atoms with E-state index < -0.39 is 8.07 Å². The van der Waals surface area contributed by atoms with E-state index in [0.717, 1.165) is 0 Å². The van der Waals surface area contributed by atoms with Gasteiger partial charge in [-0.15, -0.1) is 0 Å². The van der Waals surface area contributed by atoms with Crippen LogP contribution < -0.4 is 31.4 Å².